The third-order valence-corrected chi connectivity index (χ3v) is 10.8. The van der Waals surface area contributed by atoms with Gasteiger partial charge in [0.05, 0.1) is 53.9 Å². The maximum atomic E-state index is 15.5. The number of carboxylic acids is 1. The van der Waals surface area contributed by atoms with Gasteiger partial charge in [0.2, 0.25) is 5.91 Å². The van der Waals surface area contributed by atoms with Gasteiger partial charge in [-0.2, -0.15) is 0 Å². The molecule has 1 saturated carbocycles. The molecule has 2 aromatic carbocycles. The van der Waals surface area contributed by atoms with E-state index in [0.29, 0.717) is 70.4 Å². The molecule has 270 valence electrons. The number of anilines is 1. The molecule has 10 nitrogen and oxygen atoms in total. The van der Waals surface area contributed by atoms with Crippen LogP contribution >= 0.6 is 11.6 Å². The fourth-order valence-corrected chi connectivity index (χ4v) is 7.88. The Morgan fingerprint density at radius 3 is 2.48 bits per heavy atom. The standard InChI is InChI=1S/C36H43ClF3N5O5/c1-42-19-28(27-4-2-3-5-32(27)42)35(47)41-31-17-30(38)23(14-29(31)37)15-34(46)45-18-24(44-12-10-43(11-13-44)20-33(39)40)16-25(45)21-50-26-8-6-22(7-9-26)36(48)49/h2-5,14,17,19,22,24-26,33H,6-13,15-16,18,20-21H2,1H3,(H,41,47)(H,48,49)/t22?,24-,25-,26?/m0/s1. The van der Waals surface area contributed by atoms with E-state index >= 15 is 4.39 Å². The predicted molar refractivity (Wildman–Crippen MR) is 183 cm³/mol. The van der Waals surface area contributed by atoms with E-state index in [1.807, 2.05) is 35.9 Å². The van der Waals surface area contributed by atoms with Crippen LogP contribution in [0, 0.1) is 11.7 Å². The Kier molecular flexibility index (Phi) is 11.4. The zero-order chi connectivity index (χ0) is 35.5. The summed E-state index contributed by atoms with van der Waals surface area (Å²) in [4.78, 5) is 44.1. The Morgan fingerprint density at radius 2 is 1.78 bits per heavy atom. The van der Waals surface area contributed by atoms with Crippen molar-refractivity contribution < 1.29 is 37.4 Å². The summed E-state index contributed by atoms with van der Waals surface area (Å²) in [7, 11) is 1.83. The third kappa shape index (κ3) is 8.28. The molecule has 50 heavy (non-hydrogen) atoms. The molecular weight excluding hydrogens is 675 g/mol. The van der Waals surface area contributed by atoms with Crippen LogP contribution in [0.15, 0.2) is 42.6 Å². The number of aliphatic carboxylic acids is 1. The minimum Gasteiger partial charge on any atom is -0.481 e. The number of fused-ring (bicyclic) bond motifs is 1. The molecule has 3 fully saturated rings. The molecule has 0 radical (unpaired) electrons. The molecule has 2 amide bonds. The molecule has 6 rings (SSSR count). The molecule has 14 heteroatoms. The number of nitrogens with zero attached hydrogens (tertiary/aromatic N) is 4. The number of halogens is 4. The van der Waals surface area contributed by atoms with E-state index in [9.17, 15) is 28.3 Å². The average molecular weight is 718 g/mol. The topological polar surface area (TPSA) is 107 Å². The quantitative estimate of drug-likeness (QED) is 0.278. The van der Waals surface area contributed by atoms with Crippen molar-refractivity contribution in [3.05, 3.63) is 64.6 Å². The highest BCUT2D eigenvalue weighted by molar-refractivity contribution is 6.34. The van der Waals surface area contributed by atoms with Crippen LogP contribution in [0.25, 0.3) is 10.9 Å². The normalized spacial score (nSPS) is 23.5. The van der Waals surface area contributed by atoms with Crippen LogP contribution in [0.1, 0.15) is 48.0 Å². The van der Waals surface area contributed by atoms with Crippen LogP contribution in [-0.4, -0.2) is 113 Å². The van der Waals surface area contributed by atoms with Gasteiger partial charge in [-0.1, -0.05) is 29.8 Å². The molecule has 2 atom stereocenters. The summed E-state index contributed by atoms with van der Waals surface area (Å²) in [5.74, 6) is -2.57. The van der Waals surface area contributed by atoms with Crippen LogP contribution in [0.4, 0.5) is 18.9 Å². The van der Waals surface area contributed by atoms with Crippen molar-refractivity contribution in [1.29, 1.82) is 0 Å². The van der Waals surface area contributed by atoms with Crippen molar-refractivity contribution in [3.8, 4) is 0 Å². The predicted octanol–water partition coefficient (Wildman–Crippen LogP) is 5.28. The molecule has 2 saturated heterocycles. The second-order valence-corrected chi connectivity index (χ2v) is 14.1. The summed E-state index contributed by atoms with van der Waals surface area (Å²) in [5, 5.41) is 12.9. The Balaban J connectivity index is 1.12. The van der Waals surface area contributed by atoms with Gasteiger partial charge in [0.1, 0.15) is 5.82 Å². The molecule has 2 aliphatic heterocycles. The van der Waals surface area contributed by atoms with Crippen LogP contribution in [0.3, 0.4) is 0 Å². The highest BCUT2D eigenvalue weighted by atomic mass is 35.5. The lowest BCUT2D eigenvalue weighted by Crippen LogP contribution is -2.52. The van der Waals surface area contributed by atoms with E-state index in [0.717, 1.165) is 17.0 Å². The molecule has 0 spiro atoms. The fourth-order valence-electron chi connectivity index (χ4n) is 7.65. The third-order valence-electron chi connectivity index (χ3n) is 10.4. The molecule has 2 N–H and O–H groups in total. The van der Waals surface area contributed by atoms with Gasteiger partial charge in [0.15, 0.2) is 0 Å². The van der Waals surface area contributed by atoms with Gasteiger partial charge in [0.25, 0.3) is 12.3 Å². The van der Waals surface area contributed by atoms with Crippen molar-refractivity contribution in [1.82, 2.24) is 19.3 Å². The van der Waals surface area contributed by atoms with Gasteiger partial charge in [-0.15, -0.1) is 0 Å². The van der Waals surface area contributed by atoms with Crippen molar-refractivity contribution >= 4 is 46.0 Å². The molecule has 3 aliphatic rings. The number of rotatable bonds is 11. The second kappa shape index (κ2) is 15.7. The number of para-hydroxylation sites is 1. The smallest absolute Gasteiger partial charge is 0.306 e. The number of nitrogens with one attached hydrogen (secondary N) is 1. The Morgan fingerprint density at radius 1 is 1.06 bits per heavy atom. The van der Waals surface area contributed by atoms with Gasteiger partial charge in [0, 0.05) is 62.9 Å². The molecule has 1 aromatic heterocycles. The minimum atomic E-state index is -2.39. The van der Waals surface area contributed by atoms with Crippen molar-refractivity contribution in [3.63, 3.8) is 0 Å². The first-order valence-electron chi connectivity index (χ1n) is 17.2. The van der Waals surface area contributed by atoms with Crippen LogP contribution in [0.2, 0.25) is 5.02 Å². The summed E-state index contributed by atoms with van der Waals surface area (Å²) in [6.45, 7) is 2.61. The largest absolute Gasteiger partial charge is 0.481 e. The Labute approximate surface area is 294 Å². The van der Waals surface area contributed by atoms with Gasteiger partial charge in [-0.3, -0.25) is 24.2 Å². The lowest BCUT2D eigenvalue weighted by Gasteiger charge is -2.37. The average Bonchev–Trinajstić information content (AvgIpc) is 3.68. The van der Waals surface area contributed by atoms with E-state index in [2.05, 4.69) is 10.2 Å². The SMILES string of the molecule is Cn1cc(C(=O)Nc2cc(F)c(CC(=O)N3C[C@@H](N4CCN(CC(F)F)CC4)C[C@H]3COC3CCC(C(=O)O)CC3)cc2Cl)c2ccccc21. The van der Waals surface area contributed by atoms with E-state index in [1.54, 1.807) is 16.0 Å². The van der Waals surface area contributed by atoms with Gasteiger partial charge < -0.3 is 24.6 Å². The number of hydrogen-bond donors (Lipinski definition) is 2. The maximum absolute atomic E-state index is 15.5. The zero-order valence-electron chi connectivity index (χ0n) is 28.0. The number of carboxylic acid groups (broad SMARTS) is 1. The van der Waals surface area contributed by atoms with Crippen molar-refractivity contribution in [2.45, 2.75) is 63.1 Å². The van der Waals surface area contributed by atoms with Crippen LogP contribution < -0.4 is 5.32 Å². The van der Waals surface area contributed by atoms with Crippen LogP contribution in [0.5, 0.6) is 0 Å². The van der Waals surface area contributed by atoms with E-state index in [4.69, 9.17) is 16.3 Å². The van der Waals surface area contributed by atoms with E-state index in [-0.39, 0.29) is 65.9 Å². The van der Waals surface area contributed by atoms with Gasteiger partial charge in [-0.25, -0.2) is 13.2 Å². The van der Waals surface area contributed by atoms with Crippen molar-refractivity contribution in [2.75, 3.05) is 51.2 Å². The number of likely N-dealkylation sites (tertiary alicyclic amines) is 1. The number of hydrogen-bond acceptors (Lipinski definition) is 6. The lowest BCUT2D eigenvalue weighted by atomic mass is 9.87. The van der Waals surface area contributed by atoms with E-state index < -0.39 is 24.1 Å². The number of alkyl halides is 2. The Hall–Kier alpha value is -3.65. The van der Waals surface area contributed by atoms with Crippen LogP contribution in [-0.2, 0) is 27.8 Å². The highest BCUT2D eigenvalue weighted by Gasteiger charge is 2.40. The molecule has 0 unspecified atom stereocenters. The number of carbonyl (C=O) groups is 3. The fraction of sp³-hybridized carbons (Fsp3) is 0.528. The minimum absolute atomic E-state index is 0.0101. The summed E-state index contributed by atoms with van der Waals surface area (Å²) < 4.78 is 49.5. The molecule has 1 aliphatic carbocycles. The molecular formula is C36H43ClF3N5O5. The monoisotopic (exact) mass is 717 g/mol. The molecule has 0 bridgehead atoms. The van der Waals surface area contributed by atoms with E-state index in [1.165, 1.54) is 6.07 Å². The summed E-state index contributed by atoms with van der Waals surface area (Å²) in [6.07, 6.45) is 1.90. The Bertz CT molecular complexity index is 1710. The van der Waals surface area contributed by atoms with Gasteiger partial charge in [-0.05, 0) is 55.9 Å². The first-order valence-corrected chi connectivity index (χ1v) is 17.6. The van der Waals surface area contributed by atoms with Crippen molar-refractivity contribution in [2.24, 2.45) is 13.0 Å². The highest BCUT2D eigenvalue weighted by Crippen LogP contribution is 2.31. The first-order chi connectivity index (χ1) is 24.0. The number of carbonyl (C=O) groups excluding carboxylic acids is 2. The molecule has 3 heterocycles. The number of amides is 2. The zero-order valence-corrected chi connectivity index (χ0v) is 28.8. The number of aromatic nitrogens is 1. The second-order valence-electron chi connectivity index (χ2n) is 13.7. The number of aryl methyl sites for hydroxylation is 1. The summed E-state index contributed by atoms with van der Waals surface area (Å²) in [5.41, 5.74) is 1.48. The maximum Gasteiger partial charge on any atom is 0.306 e. The molecule has 3 aromatic rings. The number of piperazine rings is 1. The summed E-state index contributed by atoms with van der Waals surface area (Å²) in [6, 6.07) is 9.64. The summed E-state index contributed by atoms with van der Waals surface area (Å²) >= 11 is 6.54. The van der Waals surface area contributed by atoms with Gasteiger partial charge >= 0.3 is 5.97 Å². The first kappa shape index (κ1) is 36.2. The lowest BCUT2D eigenvalue weighted by molar-refractivity contribution is -0.144. The number of benzene rings is 2. The number of ether oxygens (including phenoxy) is 1.